The second kappa shape index (κ2) is 3.90. The zero-order valence-corrected chi connectivity index (χ0v) is 10.9. The molecule has 96 valence electrons. The molecule has 2 heterocycles. The van der Waals surface area contributed by atoms with Gasteiger partial charge in [0, 0.05) is 30.0 Å². The van der Waals surface area contributed by atoms with Crippen LogP contribution >= 0.6 is 0 Å². The van der Waals surface area contributed by atoms with Gasteiger partial charge in [0.1, 0.15) is 0 Å². The van der Waals surface area contributed by atoms with Gasteiger partial charge < -0.3 is 15.5 Å². The van der Waals surface area contributed by atoms with E-state index in [9.17, 15) is 4.79 Å². The van der Waals surface area contributed by atoms with Gasteiger partial charge in [-0.1, -0.05) is 0 Å². The average Bonchev–Trinajstić information content (AvgIpc) is 2.81. The standard InChI is InChI=1S/C14H19N3O/c1-14(2)11-9-10(17-7-3-4-8-17)5-6-12(11)15-13(18)16-14/h5-6,9H,3-4,7-8H2,1-2H3,(H2,15,16,18). The fraction of sp³-hybridized carbons (Fsp3) is 0.500. The lowest BCUT2D eigenvalue weighted by atomic mass is 9.90. The number of carbonyl (C=O) groups excluding carboxylic acids is 1. The van der Waals surface area contributed by atoms with E-state index >= 15 is 0 Å². The second-order valence-corrected chi connectivity index (χ2v) is 5.63. The summed E-state index contributed by atoms with van der Waals surface area (Å²) in [5.74, 6) is 0. The number of fused-ring (bicyclic) bond motifs is 1. The molecule has 4 nitrogen and oxygen atoms in total. The van der Waals surface area contributed by atoms with Crippen LogP contribution in [0.2, 0.25) is 0 Å². The Kier molecular flexibility index (Phi) is 2.47. The monoisotopic (exact) mass is 245 g/mol. The lowest BCUT2D eigenvalue weighted by molar-refractivity contribution is 0.239. The van der Waals surface area contributed by atoms with Crippen LogP contribution in [0.25, 0.3) is 0 Å². The molecule has 0 unspecified atom stereocenters. The molecule has 2 aliphatic rings. The fourth-order valence-electron chi connectivity index (χ4n) is 2.84. The van der Waals surface area contributed by atoms with Gasteiger partial charge in [-0.15, -0.1) is 0 Å². The number of rotatable bonds is 1. The summed E-state index contributed by atoms with van der Waals surface area (Å²) < 4.78 is 0. The van der Waals surface area contributed by atoms with Crippen molar-refractivity contribution in [1.82, 2.24) is 5.32 Å². The van der Waals surface area contributed by atoms with E-state index in [1.165, 1.54) is 18.5 Å². The number of nitrogens with zero attached hydrogens (tertiary/aromatic N) is 1. The van der Waals surface area contributed by atoms with Gasteiger partial charge in [-0.05, 0) is 44.9 Å². The molecule has 0 bridgehead atoms. The molecule has 2 aliphatic heterocycles. The second-order valence-electron chi connectivity index (χ2n) is 5.63. The van der Waals surface area contributed by atoms with Crippen LogP contribution in [0.15, 0.2) is 18.2 Å². The Morgan fingerprint density at radius 2 is 1.94 bits per heavy atom. The number of amides is 2. The number of nitrogens with one attached hydrogen (secondary N) is 2. The van der Waals surface area contributed by atoms with Crippen LogP contribution in [-0.2, 0) is 5.54 Å². The molecule has 1 aromatic rings. The molecule has 3 rings (SSSR count). The third-order valence-corrected chi connectivity index (χ3v) is 3.82. The largest absolute Gasteiger partial charge is 0.372 e. The Labute approximate surface area is 107 Å². The lowest BCUT2D eigenvalue weighted by Gasteiger charge is -2.35. The average molecular weight is 245 g/mol. The molecule has 1 aromatic carbocycles. The summed E-state index contributed by atoms with van der Waals surface area (Å²) in [4.78, 5) is 14.0. The van der Waals surface area contributed by atoms with Crippen molar-refractivity contribution in [3.05, 3.63) is 23.8 Å². The van der Waals surface area contributed by atoms with Crippen LogP contribution < -0.4 is 15.5 Å². The van der Waals surface area contributed by atoms with Gasteiger partial charge in [-0.25, -0.2) is 4.79 Å². The smallest absolute Gasteiger partial charge is 0.319 e. The highest BCUT2D eigenvalue weighted by atomic mass is 16.2. The predicted molar refractivity (Wildman–Crippen MR) is 73.1 cm³/mol. The maximum Gasteiger partial charge on any atom is 0.319 e. The molecule has 0 atom stereocenters. The molecule has 0 radical (unpaired) electrons. The minimum Gasteiger partial charge on any atom is -0.372 e. The molecule has 0 aliphatic carbocycles. The minimum atomic E-state index is -0.312. The Bertz CT molecular complexity index is 490. The molecule has 2 N–H and O–H groups in total. The summed E-state index contributed by atoms with van der Waals surface area (Å²) in [7, 11) is 0. The Hall–Kier alpha value is -1.71. The highest BCUT2D eigenvalue weighted by Gasteiger charge is 2.31. The van der Waals surface area contributed by atoms with Gasteiger partial charge >= 0.3 is 6.03 Å². The van der Waals surface area contributed by atoms with Crippen molar-refractivity contribution in [2.24, 2.45) is 0 Å². The van der Waals surface area contributed by atoms with Gasteiger partial charge in [-0.2, -0.15) is 0 Å². The summed E-state index contributed by atoms with van der Waals surface area (Å²) in [6.07, 6.45) is 2.55. The molecule has 4 heteroatoms. The van der Waals surface area contributed by atoms with Gasteiger partial charge in [0.15, 0.2) is 0 Å². The first-order valence-electron chi connectivity index (χ1n) is 6.55. The van der Waals surface area contributed by atoms with Crippen molar-refractivity contribution in [2.45, 2.75) is 32.2 Å². The van der Waals surface area contributed by atoms with Gasteiger partial charge in [0.2, 0.25) is 0 Å². The summed E-state index contributed by atoms with van der Waals surface area (Å²) in [6, 6.07) is 6.20. The van der Waals surface area contributed by atoms with Crippen LogP contribution in [0, 0.1) is 0 Å². The Balaban J connectivity index is 2.01. The van der Waals surface area contributed by atoms with E-state index in [2.05, 4.69) is 27.7 Å². The topological polar surface area (TPSA) is 44.4 Å². The van der Waals surface area contributed by atoms with E-state index < -0.39 is 0 Å². The maximum atomic E-state index is 11.5. The lowest BCUT2D eigenvalue weighted by Crippen LogP contribution is -2.47. The van der Waals surface area contributed by atoms with Crippen molar-refractivity contribution >= 4 is 17.4 Å². The van der Waals surface area contributed by atoms with Crippen molar-refractivity contribution in [3.8, 4) is 0 Å². The predicted octanol–water partition coefficient (Wildman–Crippen LogP) is 2.66. The van der Waals surface area contributed by atoms with Crippen LogP contribution in [-0.4, -0.2) is 19.1 Å². The van der Waals surface area contributed by atoms with E-state index in [0.717, 1.165) is 24.3 Å². The quantitative estimate of drug-likeness (QED) is 0.799. The summed E-state index contributed by atoms with van der Waals surface area (Å²) in [6.45, 7) is 6.36. The molecular formula is C14H19N3O. The zero-order valence-electron chi connectivity index (χ0n) is 10.9. The first kappa shape index (κ1) is 11.4. The maximum absolute atomic E-state index is 11.5. The Morgan fingerprint density at radius 3 is 2.67 bits per heavy atom. The Morgan fingerprint density at radius 1 is 1.22 bits per heavy atom. The normalized spacial score (nSPS) is 21.2. The summed E-state index contributed by atoms with van der Waals surface area (Å²) in [5.41, 5.74) is 3.03. The summed E-state index contributed by atoms with van der Waals surface area (Å²) in [5, 5.41) is 5.83. The first-order chi connectivity index (χ1) is 8.56. The van der Waals surface area contributed by atoms with E-state index in [-0.39, 0.29) is 11.6 Å². The molecule has 0 aromatic heterocycles. The molecule has 1 fully saturated rings. The summed E-state index contributed by atoms with van der Waals surface area (Å²) >= 11 is 0. The highest BCUT2D eigenvalue weighted by Crippen LogP contribution is 2.35. The van der Waals surface area contributed by atoms with E-state index in [4.69, 9.17) is 0 Å². The fourth-order valence-corrected chi connectivity index (χ4v) is 2.84. The van der Waals surface area contributed by atoms with Gasteiger partial charge in [0.05, 0.1) is 5.54 Å². The van der Waals surface area contributed by atoms with Gasteiger partial charge in [0.25, 0.3) is 0 Å². The molecular weight excluding hydrogens is 226 g/mol. The third-order valence-electron chi connectivity index (χ3n) is 3.82. The van der Waals surface area contributed by atoms with Crippen molar-refractivity contribution < 1.29 is 4.79 Å². The van der Waals surface area contributed by atoms with Crippen molar-refractivity contribution in [2.75, 3.05) is 23.3 Å². The molecule has 2 amide bonds. The van der Waals surface area contributed by atoms with E-state index in [1.807, 2.05) is 19.9 Å². The number of urea groups is 1. The molecule has 18 heavy (non-hydrogen) atoms. The molecule has 1 saturated heterocycles. The SMILES string of the molecule is CC1(C)NC(=O)Nc2ccc(N3CCCC3)cc21. The number of anilines is 2. The number of carbonyl (C=O) groups is 1. The van der Waals surface area contributed by atoms with Crippen LogP contribution in [0.4, 0.5) is 16.2 Å². The third kappa shape index (κ3) is 1.82. The number of hydrogen-bond acceptors (Lipinski definition) is 2. The van der Waals surface area contributed by atoms with Gasteiger partial charge in [-0.3, -0.25) is 0 Å². The van der Waals surface area contributed by atoms with E-state index in [0.29, 0.717) is 0 Å². The minimum absolute atomic E-state index is 0.124. The molecule has 0 saturated carbocycles. The van der Waals surface area contributed by atoms with Crippen LogP contribution in [0.1, 0.15) is 32.3 Å². The molecule has 0 spiro atoms. The van der Waals surface area contributed by atoms with Crippen molar-refractivity contribution in [3.63, 3.8) is 0 Å². The van der Waals surface area contributed by atoms with E-state index in [1.54, 1.807) is 0 Å². The number of hydrogen-bond donors (Lipinski definition) is 2. The highest BCUT2D eigenvalue weighted by molar-refractivity contribution is 5.94. The first-order valence-corrected chi connectivity index (χ1v) is 6.55. The van der Waals surface area contributed by atoms with Crippen LogP contribution in [0.3, 0.4) is 0 Å². The zero-order chi connectivity index (χ0) is 12.8. The van der Waals surface area contributed by atoms with Crippen molar-refractivity contribution in [1.29, 1.82) is 0 Å². The number of benzene rings is 1. The van der Waals surface area contributed by atoms with Crippen LogP contribution in [0.5, 0.6) is 0 Å².